The molecular weight excluding hydrogens is 300 g/mol. The molecule has 0 heteroatoms. The Morgan fingerprint density at radius 1 is 0.920 bits per heavy atom. The van der Waals surface area contributed by atoms with E-state index in [0.717, 1.165) is 18.3 Å². The predicted octanol–water partition coefficient (Wildman–Crippen LogP) is 7.21. The maximum atomic E-state index is 3.16. The fourth-order valence-electron chi connectivity index (χ4n) is 3.66. The van der Waals surface area contributed by atoms with E-state index in [9.17, 15) is 0 Å². The molecule has 0 radical (unpaired) electrons. The van der Waals surface area contributed by atoms with Crippen molar-refractivity contribution in [2.45, 2.75) is 71.6 Å². The first kappa shape index (κ1) is 19.6. The zero-order valence-corrected chi connectivity index (χ0v) is 16.1. The minimum atomic E-state index is 0.752. The molecule has 0 N–H and O–H groups in total. The number of hydrogen-bond acceptors (Lipinski definition) is 0. The van der Waals surface area contributed by atoms with Gasteiger partial charge in [0.05, 0.1) is 0 Å². The number of allylic oxidation sites excluding steroid dienone is 3. The SMILES string of the molecule is CCCCC1CCC(/C=C/C#C/C=C/c2ccc(CCC)cc2)CC1. The molecular formula is C25H34. The van der Waals surface area contributed by atoms with Crippen LogP contribution in [0.1, 0.15) is 76.3 Å². The van der Waals surface area contributed by atoms with Crippen LogP contribution in [0.5, 0.6) is 0 Å². The van der Waals surface area contributed by atoms with Crippen molar-refractivity contribution in [3.63, 3.8) is 0 Å². The van der Waals surface area contributed by atoms with Gasteiger partial charge in [0.2, 0.25) is 0 Å². The standard InChI is InChI=1S/C25H34/c1-3-5-11-23-18-20-25(21-19-23)13-9-7-6-8-12-24-16-14-22(10-4-2)15-17-24/h8-9,12-17,23,25H,3-5,10-11,18-21H2,1-2H3/b12-8+,13-9+. The molecule has 0 aliphatic heterocycles. The number of benzene rings is 1. The van der Waals surface area contributed by atoms with Crippen molar-refractivity contribution in [1.82, 2.24) is 0 Å². The van der Waals surface area contributed by atoms with E-state index in [1.807, 2.05) is 6.08 Å². The molecule has 1 aromatic carbocycles. The number of rotatable bonds is 7. The zero-order chi connectivity index (χ0) is 17.7. The van der Waals surface area contributed by atoms with Crippen LogP contribution in [0, 0.1) is 23.7 Å². The van der Waals surface area contributed by atoms with Crippen molar-refractivity contribution in [2.24, 2.45) is 11.8 Å². The maximum Gasteiger partial charge on any atom is -0.0109 e. The molecule has 0 heterocycles. The van der Waals surface area contributed by atoms with E-state index in [4.69, 9.17) is 0 Å². The molecule has 0 nitrogen and oxygen atoms in total. The van der Waals surface area contributed by atoms with Crippen LogP contribution >= 0.6 is 0 Å². The molecule has 0 spiro atoms. The Bertz CT molecular complexity index is 583. The van der Waals surface area contributed by atoms with Gasteiger partial charge in [-0.25, -0.2) is 0 Å². The van der Waals surface area contributed by atoms with Crippen molar-refractivity contribution in [1.29, 1.82) is 0 Å². The van der Waals surface area contributed by atoms with Crippen LogP contribution in [0.15, 0.2) is 42.5 Å². The van der Waals surface area contributed by atoms with Gasteiger partial charge in [-0.1, -0.05) is 81.7 Å². The number of unbranched alkanes of at least 4 members (excludes halogenated alkanes) is 1. The van der Waals surface area contributed by atoms with Crippen LogP contribution in [-0.2, 0) is 6.42 Å². The summed E-state index contributed by atoms with van der Waals surface area (Å²) in [5.41, 5.74) is 2.64. The Labute approximate surface area is 155 Å². The molecule has 0 bridgehead atoms. The molecule has 0 atom stereocenters. The Balaban J connectivity index is 1.70. The lowest BCUT2D eigenvalue weighted by Crippen LogP contribution is -2.12. The Morgan fingerprint density at radius 3 is 2.32 bits per heavy atom. The highest BCUT2D eigenvalue weighted by molar-refractivity contribution is 5.53. The number of aryl methyl sites for hydroxylation is 1. The summed E-state index contributed by atoms with van der Waals surface area (Å²) in [4.78, 5) is 0. The zero-order valence-electron chi connectivity index (χ0n) is 16.1. The molecule has 1 aromatic rings. The maximum absolute atomic E-state index is 3.16. The second kappa shape index (κ2) is 11.8. The van der Waals surface area contributed by atoms with Gasteiger partial charge in [0, 0.05) is 0 Å². The van der Waals surface area contributed by atoms with E-state index in [1.165, 1.54) is 62.5 Å². The molecule has 2 rings (SSSR count). The lowest BCUT2D eigenvalue weighted by Gasteiger charge is -2.26. The molecule has 134 valence electrons. The monoisotopic (exact) mass is 334 g/mol. The largest absolute Gasteiger partial charge is 0.0730 e. The minimum absolute atomic E-state index is 0.752. The van der Waals surface area contributed by atoms with Gasteiger partial charge in [-0.2, -0.15) is 0 Å². The van der Waals surface area contributed by atoms with Gasteiger partial charge >= 0.3 is 0 Å². The average Bonchev–Trinajstić information content (AvgIpc) is 2.65. The first-order chi connectivity index (χ1) is 12.3. The fraction of sp³-hybridized carbons (Fsp3) is 0.520. The molecule has 25 heavy (non-hydrogen) atoms. The Hall–Kier alpha value is -1.74. The van der Waals surface area contributed by atoms with Crippen LogP contribution < -0.4 is 0 Å². The lowest BCUT2D eigenvalue weighted by atomic mass is 9.80. The molecule has 0 amide bonds. The number of hydrogen-bond donors (Lipinski definition) is 0. The fourth-order valence-corrected chi connectivity index (χ4v) is 3.66. The van der Waals surface area contributed by atoms with Crippen LogP contribution in [0.25, 0.3) is 6.08 Å². The summed E-state index contributed by atoms with van der Waals surface area (Å²) in [6.45, 7) is 4.51. The van der Waals surface area contributed by atoms with Crippen molar-refractivity contribution < 1.29 is 0 Å². The van der Waals surface area contributed by atoms with Gasteiger partial charge in [-0.05, 0) is 73.3 Å². The molecule has 0 aromatic heterocycles. The quantitative estimate of drug-likeness (QED) is 0.462. The smallest absolute Gasteiger partial charge is 0.0109 e. The first-order valence-electron chi connectivity index (χ1n) is 10.2. The molecule has 1 aliphatic rings. The summed E-state index contributed by atoms with van der Waals surface area (Å²) in [6, 6.07) is 8.78. The minimum Gasteiger partial charge on any atom is -0.0730 e. The summed E-state index contributed by atoms with van der Waals surface area (Å²) in [6.07, 6.45) is 20.5. The predicted molar refractivity (Wildman–Crippen MR) is 111 cm³/mol. The van der Waals surface area contributed by atoms with Crippen LogP contribution in [0.2, 0.25) is 0 Å². The molecule has 1 aliphatic carbocycles. The Kier molecular flexibility index (Phi) is 9.21. The van der Waals surface area contributed by atoms with Crippen molar-refractivity contribution >= 4 is 6.08 Å². The molecule has 0 saturated heterocycles. The van der Waals surface area contributed by atoms with E-state index in [0.29, 0.717) is 0 Å². The summed E-state index contributed by atoms with van der Waals surface area (Å²) in [5.74, 6) is 8.04. The van der Waals surface area contributed by atoms with E-state index in [-0.39, 0.29) is 0 Å². The summed E-state index contributed by atoms with van der Waals surface area (Å²) < 4.78 is 0. The van der Waals surface area contributed by atoms with Gasteiger partial charge in [0.15, 0.2) is 0 Å². The third-order valence-electron chi connectivity index (χ3n) is 5.27. The van der Waals surface area contributed by atoms with Gasteiger partial charge in [0.25, 0.3) is 0 Å². The van der Waals surface area contributed by atoms with E-state index in [2.05, 4.69) is 68.2 Å². The average molecular weight is 335 g/mol. The van der Waals surface area contributed by atoms with E-state index in [1.54, 1.807) is 0 Å². The van der Waals surface area contributed by atoms with Crippen LogP contribution in [-0.4, -0.2) is 0 Å². The van der Waals surface area contributed by atoms with Crippen LogP contribution in [0.3, 0.4) is 0 Å². The highest BCUT2D eigenvalue weighted by Crippen LogP contribution is 2.32. The highest BCUT2D eigenvalue weighted by atomic mass is 14.2. The van der Waals surface area contributed by atoms with Crippen molar-refractivity contribution in [3.8, 4) is 11.8 Å². The normalized spacial score (nSPS) is 20.7. The van der Waals surface area contributed by atoms with Gasteiger partial charge in [-0.15, -0.1) is 0 Å². The van der Waals surface area contributed by atoms with E-state index < -0.39 is 0 Å². The topological polar surface area (TPSA) is 0 Å². The van der Waals surface area contributed by atoms with Crippen molar-refractivity contribution in [3.05, 3.63) is 53.6 Å². The van der Waals surface area contributed by atoms with Gasteiger partial charge < -0.3 is 0 Å². The van der Waals surface area contributed by atoms with Crippen molar-refractivity contribution in [2.75, 3.05) is 0 Å². The van der Waals surface area contributed by atoms with Gasteiger partial charge in [0.1, 0.15) is 0 Å². The lowest BCUT2D eigenvalue weighted by molar-refractivity contribution is 0.291. The second-order valence-electron chi connectivity index (χ2n) is 7.40. The summed E-state index contributed by atoms with van der Waals surface area (Å²) >= 11 is 0. The van der Waals surface area contributed by atoms with Gasteiger partial charge in [-0.3, -0.25) is 0 Å². The second-order valence-corrected chi connectivity index (χ2v) is 7.40. The third kappa shape index (κ3) is 7.78. The third-order valence-corrected chi connectivity index (χ3v) is 5.27. The first-order valence-corrected chi connectivity index (χ1v) is 10.2. The Morgan fingerprint density at radius 2 is 1.64 bits per heavy atom. The molecule has 1 saturated carbocycles. The highest BCUT2D eigenvalue weighted by Gasteiger charge is 2.18. The van der Waals surface area contributed by atoms with Crippen LogP contribution in [0.4, 0.5) is 0 Å². The molecule has 1 fully saturated rings. The summed E-state index contributed by atoms with van der Waals surface area (Å²) in [5, 5.41) is 0. The molecule has 0 unspecified atom stereocenters. The van der Waals surface area contributed by atoms with E-state index >= 15 is 0 Å². The summed E-state index contributed by atoms with van der Waals surface area (Å²) in [7, 11) is 0.